The van der Waals surface area contributed by atoms with Crippen LogP contribution in [0.25, 0.3) is 0 Å². The first-order valence-corrected chi connectivity index (χ1v) is 7.79. The molecule has 0 fully saturated rings. The third-order valence-corrected chi connectivity index (χ3v) is 3.75. The van der Waals surface area contributed by atoms with Crippen LogP contribution >= 0.6 is 7.60 Å². The monoisotopic (exact) mass is 302 g/mol. The molecule has 6 nitrogen and oxygen atoms in total. The lowest BCUT2D eigenvalue weighted by atomic mass is 10.3. The van der Waals surface area contributed by atoms with Crippen molar-refractivity contribution in [2.24, 2.45) is 0 Å². The van der Waals surface area contributed by atoms with Gasteiger partial charge in [-0.05, 0) is 20.3 Å². The first-order valence-electron chi connectivity index (χ1n) is 6.25. The predicted molar refractivity (Wildman–Crippen MR) is 74.0 cm³/mol. The van der Waals surface area contributed by atoms with Crippen molar-refractivity contribution < 1.29 is 28.0 Å². The van der Waals surface area contributed by atoms with Gasteiger partial charge in [0.25, 0.3) is 5.52 Å². The highest BCUT2D eigenvalue weighted by molar-refractivity contribution is 7.72. The van der Waals surface area contributed by atoms with E-state index in [-0.39, 0.29) is 6.42 Å². The second-order valence-electron chi connectivity index (χ2n) is 3.82. The fourth-order valence-corrected chi connectivity index (χ4v) is 2.42. The van der Waals surface area contributed by atoms with Gasteiger partial charge in [-0.3, -0.25) is 4.79 Å². The summed E-state index contributed by atoms with van der Waals surface area (Å²) in [6, 6.07) is 0. The molecule has 0 saturated carbocycles. The molecule has 7 heteroatoms. The lowest BCUT2D eigenvalue weighted by molar-refractivity contribution is -0.135. The Hall–Kier alpha value is -1.68. The van der Waals surface area contributed by atoms with Crippen molar-refractivity contribution in [3.63, 3.8) is 0 Å². The van der Waals surface area contributed by atoms with Crippen molar-refractivity contribution in [2.45, 2.75) is 40.0 Å². The highest BCUT2D eigenvalue weighted by Crippen LogP contribution is 2.50. The number of carbonyl (C=O) groups excluding carboxylic acids is 3. The highest BCUT2D eigenvalue weighted by Gasteiger charge is 2.40. The standard InChI is InChI=1S/C13H19O6P/c1-4-7-10-13(16)20(17,18-11(14)8-5-2)19-12(15)9-6-3/h5-6,8-9H,4,7,10H2,1-3H3/b8-5+,9-6+. The first-order chi connectivity index (χ1) is 9.39. The number of unbranched alkanes of at least 4 members (excludes halogenated alkanes) is 1. The van der Waals surface area contributed by atoms with Gasteiger partial charge < -0.3 is 9.05 Å². The molecule has 0 bridgehead atoms. The second-order valence-corrected chi connectivity index (χ2v) is 5.67. The fraction of sp³-hybridized carbons (Fsp3) is 0.462. The summed E-state index contributed by atoms with van der Waals surface area (Å²) in [5.41, 5.74) is -0.880. The fourth-order valence-electron chi connectivity index (χ4n) is 1.16. The maximum Gasteiger partial charge on any atom is 0.503 e. The molecule has 0 rings (SSSR count). The summed E-state index contributed by atoms with van der Waals surface area (Å²) in [4.78, 5) is 34.5. The number of allylic oxidation sites excluding steroid dienone is 2. The number of hydrogen-bond acceptors (Lipinski definition) is 6. The lowest BCUT2D eigenvalue weighted by Gasteiger charge is -2.14. The topological polar surface area (TPSA) is 86.7 Å². The van der Waals surface area contributed by atoms with E-state index in [1.807, 2.05) is 6.92 Å². The Morgan fingerprint density at radius 2 is 1.45 bits per heavy atom. The minimum atomic E-state index is -4.45. The van der Waals surface area contributed by atoms with Crippen molar-refractivity contribution in [3.05, 3.63) is 24.3 Å². The van der Waals surface area contributed by atoms with Crippen LogP contribution in [0.15, 0.2) is 24.3 Å². The Balaban J connectivity index is 5.11. The molecule has 0 radical (unpaired) electrons. The normalized spacial score (nSPS) is 11.8. The van der Waals surface area contributed by atoms with Crippen LogP contribution in [0.3, 0.4) is 0 Å². The molecule has 0 aromatic carbocycles. The molecule has 0 unspecified atom stereocenters. The Labute approximate surface area is 118 Å². The quantitative estimate of drug-likeness (QED) is 0.505. The molecule has 0 aromatic heterocycles. The minimum absolute atomic E-state index is 0.0833. The number of rotatable bonds is 8. The zero-order valence-electron chi connectivity index (χ0n) is 11.8. The van der Waals surface area contributed by atoms with Crippen molar-refractivity contribution in [2.75, 3.05) is 0 Å². The molecule has 0 spiro atoms. The van der Waals surface area contributed by atoms with Crippen LogP contribution in [0, 0.1) is 0 Å². The van der Waals surface area contributed by atoms with Crippen LogP contribution < -0.4 is 0 Å². The van der Waals surface area contributed by atoms with E-state index in [0.717, 1.165) is 12.2 Å². The van der Waals surface area contributed by atoms with Crippen LogP contribution in [0.1, 0.15) is 40.0 Å². The van der Waals surface area contributed by atoms with E-state index in [0.29, 0.717) is 12.8 Å². The van der Waals surface area contributed by atoms with E-state index in [9.17, 15) is 18.9 Å². The summed E-state index contributed by atoms with van der Waals surface area (Å²) >= 11 is 0. The van der Waals surface area contributed by atoms with Gasteiger partial charge in [-0.2, -0.15) is 0 Å². The van der Waals surface area contributed by atoms with Gasteiger partial charge in [0, 0.05) is 18.6 Å². The van der Waals surface area contributed by atoms with Gasteiger partial charge in [0.05, 0.1) is 0 Å². The molecule has 0 saturated heterocycles. The average Bonchev–Trinajstić information content (AvgIpc) is 2.35. The maximum atomic E-state index is 12.3. The van der Waals surface area contributed by atoms with Crippen LogP contribution in [0.4, 0.5) is 0 Å². The second kappa shape index (κ2) is 9.26. The van der Waals surface area contributed by atoms with E-state index in [2.05, 4.69) is 9.05 Å². The molecule has 0 aliphatic heterocycles. The summed E-state index contributed by atoms with van der Waals surface area (Å²) in [5.74, 6) is -1.98. The SMILES string of the molecule is C/C=C/C(=O)OP(=O)(OC(=O)/C=C/C)C(=O)CCCC. The van der Waals surface area contributed by atoms with Crippen molar-refractivity contribution in [3.8, 4) is 0 Å². The Kier molecular flexibility index (Phi) is 8.48. The summed E-state index contributed by atoms with van der Waals surface area (Å²) in [5, 5.41) is 0. The van der Waals surface area contributed by atoms with Crippen molar-refractivity contribution in [1.29, 1.82) is 0 Å². The first kappa shape index (κ1) is 18.3. The van der Waals surface area contributed by atoms with E-state index in [4.69, 9.17) is 0 Å². The molecule has 0 aliphatic rings. The summed E-state index contributed by atoms with van der Waals surface area (Å²) in [6.45, 7) is 4.95. The average molecular weight is 302 g/mol. The largest absolute Gasteiger partial charge is 0.503 e. The Bertz CT molecular complexity index is 433. The predicted octanol–water partition coefficient (Wildman–Crippen LogP) is 3.13. The zero-order chi connectivity index (χ0) is 15.6. The van der Waals surface area contributed by atoms with Gasteiger partial charge in [0.15, 0.2) is 0 Å². The summed E-state index contributed by atoms with van der Waals surface area (Å²) in [7, 11) is -4.45. The zero-order valence-corrected chi connectivity index (χ0v) is 12.7. The molecule has 112 valence electrons. The molecule has 0 heterocycles. The van der Waals surface area contributed by atoms with Gasteiger partial charge in [-0.1, -0.05) is 25.5 Å². The maximum absolute atomic E-state index is 12.3. The third kappa shape index (κ3) is 6.48. The lowest BCUT2D eigenvalue weighted by Crippen LogP contribution is -2.13. The van der Waals surface area contributed by atoms with E-state index >= 15 is 0 Å². The summed E-state index contributed by atoms with van der Waals surface area (Å²) in [6.07, 6.45) is 5.77. The number of hydrogen-bond donors (Lipinski definition) is 0. The van der Waals surface area contributed by atoms with Gasteiger partial charge in [0.2, 0.25) is 0 Å². The highest BCUT2D eigenvalue weighted by atomic mass is 31.2. The van der Waals surface area contributed by atoms with Crippen LogP contribution in [0.5, 0.6) is 0 Å². The van der Waals surface area contributed by atoms with Gasteiger partial charge in [0.1, 0.15) is 0 Å². The third-order valence-electron chi connectivity index (χ3n) is 2.08. The molecular weight excluding hydrogens is 283 g/mol. The molecule has 0 amide bonds. The van der Waals surface area contributed by atoms with E-state index in [1.54, 1.807) is 13.8 Å². The van der Waals surface area contributed by atoms with Crippen LogP contribution in [-0.4, -0.2) is 17.5 Å². The molecule has 0 N–H and O–H groups in total. The van der Waals surface area contributed by atoms with Gasteiger partial charge in [-0.25, -0.2) is 14.2 Å². The Morgan fingerprint density at radius 1 is 1.00 bits per heavy atom. The van der Waals surface area contributed by atoms with Crippen LogP contribution in [0.2, 0.25) is 0 Å². The molecule has 0 atom stereocenters. The van der Waals surface area contributed by atoms with Crippen molar-refractivity contribution >= 4 is 25.1 Å². The summed E-state index contributed by atoms with van der Waals surface area (Å²) < 4.78 is 21.4. The minimum Gasteiger partial charge on any atom is -0.374 e. The van der Waals surface area contributed by atoms with Crippen molar-refractivity contribution in [1.82, 2.24) is 0 Å². The number of carbonyl (C=O) groups is 3. The van der Waals surface area contributed by atoms with E-state index in [1.165, 1.54) is 12.2 Å². The van der Waals surface area contributed by atoms with E-state index < -0.39 is 25.1 Å². The smallest absolute Gasteiger partial charge is 0.374 e. The Morgan fingerprint density at radius 3 is 1.80 bits per heavy atom. The molecule has 0 aromatic rings. The van der Waals surface area contributed by atoms with Gasteiger partial charge in [-0.15, -0.1) is 0 Å². The molecule has 20 heavy (non-hydrogen) atoms. The van der Waals surface area contributed by atoms with Crippen LogP contribution in [-0.2, 0) is 28.0 Å². The molecular formula is C13H19O6P. The molecule has 0 aliphatic carbocycles. The van der Waals surface area contributed by atoms with Gasteiger partial charge >= 0.3 is 19.5 Å².